The van der Waals surface area contributed by atoms with Crippen molar-refractivity contribution in [1.82, 2.24) is 15.6 Å². The molecule has 1 aliphatic rings. The average molecular weight is 525 g/mol. The van der Waals surface area contributed by atoms with Gasteiger partial charge in [-0.05, 0) is 25.5 Å². The molecule has 5 nitrogen and oxygen atoms in total. The minimum atomic E-state index is -4.41. The summed E-state index contributed by atoms with van der Waals surface area (Å²) in [4.78, 5) is 10.3. The Labute approximate surface area is 183 Å². The lowest BCUT2D eigenvalue weighted by Gasteiger charge is -2.20. The number of hydrogen-bond donors (Lipinski definition) is 2. The van der Waals surface area contributed by atoms with Gasteiger partial charge in [0.05, 0.1) is 6.54 Å². The lowest BCUT2D eigenvalue weighted by molar-refractivity contribution is -0.140. The molecule has 1 aliphatic heterocycles. The Morgan fingerprint density at radius 1 is 1.32 bits per heavy atom. The molecule has 2 aromatic rings. The Bertz CT molecular complexity index is 766. The van der Waals surface area contributed by atoms with Crippen molar-refractivity contribution in [2.24, 2.45) is 4.99 Å². The first-order valence-electron chi connectivity index (χ1n) is 8.82. The molecule has 0 saturated carbocycles. The summed E-state index contributed by atoms with van der Waals surface area (Å²) in [6, 6.07) is 10.4. The van der Waals surface area contributed by atoms with Crippen molar-refractivity contribution >= 4 is 47.0 Å². The topological polar surface area (TPSA) is 52.6 Å². The molecule has 1 fully saturated rings. The molecule has 0 amide bonds. The molecule has 1 aromatic heterocycles. The average Bonchev–Trinajstić information content (AvgIpc) is 3.30. The monoisotopic (exact) mass is 525 g/mol. The zero-order valence-corrected chi connectivity index (χ0v) is 18.5. The van der Waals surface area contributed by atoms with E-state index in [0.29, 0.717) is 17.5 Å². The Kier molecular flexibility index (Phi) is 8.35. The molecule has 0 spiro atoms. The van der Waals surface area contributed by atoms with E-state index in [1.807, 2.05) is 25.1 Å². The molecule has 10 heteroatoms. The summed E-state index contributed by atoms with van der Waals surface area (Å²) in [5.41, 5.74) is 0.330. The highest BCUT2D eigenvalue weighted by molar-refractivity contribution is 14.0. The predicted octanol–water partition coefficient (Wildman–Crippen LogP) is 4.11. The Balaban J connectivity index is 0.00000280. The molecule has 0 radical (unpaired) electrons. The fourth-order valence-electron chi connectivity index (χ4n) is 2.93. The van der Waals surface area contributed by atoms with Gasteiger partial charge in [-0.25, -0.2) is 9.98 Å². The smallest absolute Gasteiger partial charge is 0.369 e. The van der Waals surface area contributed by atoms with Gasteiger partial charge < -0.3 is 15.5 Å². The van der Waals surface area contributed by atoms with Gasteiger partial charge in [-0.1, -0.05) is 18.2 Å². The van der Waals surface area contributed by atoms with Crippen LogP contribution in [0.5, 0.6) is 0 Å². The van der Waals surface area contributed by atoms with Gasteiger partial charge in [0.25, 0.3) is 0 Å². The van der Waals surface area contributed by atoms with Gasteiger partial charge >= 0.3 is 6.18 Å². The van der Waals surface area contributed by atoms with Crippen molar-refractivity contribution in [3.05, 3.63) is 46.4 Å². The number of para-hydroxylation sites is 1. The molecule has 154 valence electrons. The molecule has 1 aromatic carbocycles. The number of halogens is 4. The van der Waals surface area contributed by atoms with Crippen molar-refractivity contribution in [1.29, 1.82) is 0 Å². The van der Waals surface area contributed by atoms with Crippen LogP contribution in [0.4, 0.5) is 18.9 Å². The first-order chi connectivity index (χ1) is 13.0. The maximum Gasteiger partial charge on any atom is 0.434 e. The van der Waals surface area contributed by atoms with E-state index in [-0.39, 0.29) is 36.6 Å². The quantitative estimate of drug-likeness (QED) is 0.351. The van der Waals surface area contributed by atoms with Crippen LogP contribution in [0.1, 0.15) is 24.0 Å². The third kappa shape index (κ3) is 6.23. The third-order valence-electron chi connectivity index (χ3n) is 4.21. The SMILES string of the molecule is CCNC(=NCc1nc(C(F)(F)F)cs1)NC1CCN(c2ccccc2)C1.I. The number of aliphatic imine (C=N–C) groups is 1. The molecule has 2 N–H and O–H groups in total. The van der Waals surface area contributed by atoms with Crippen LogP contribution in [0.2, 0.25) is 0 Å². The highest BCUT2D eigenvalue weighted by atomic mass is 127. The van der Waals surface area contributed by atoms with Crippen LogP contribution in [-0.2, 0) is 12.7 Å². The molecule has 1 atom stereocenters. The number of alkyl halides is 3. The van der Waals surface area contributed by atoms with E-state index in [1.54, 1.807) is 0 Å². The number of aromatic nitrogens is 1. The van der Waals surface area contributed by atoms with Crippen LogP contribution in [0.15, 0.2) is 40.7 Å². The summed E-state index contributed by atoms with van der Waals surface area (Å²) < 4.78 is 37.9. The lowest BCUT2D eigenvalue weighted by Crippen LogP contribution is -2.44. The van der Waals surface area contributed by atoms with Crippen molar-refractivity contribution in [3.63, 3.8) is 0 Å². The number of nitrogens with one attached hydrogen (secondary N) is 2. The summed E-state index contributed by atoms with van der Waals surface area (Å²) in [6.45, 7) is 4.54. The van der Waals surface area contributed by atoms with Gasteiger partial charge in [0, 0.05) is 36.7 Å². The molecular formula is C18H23F3IN5S. The van der Waals surface area contributed by atoms with Crippen LogP contribution in [-0.4, -0.2) is 36.6 Å². The molecule has 2 heterocycles. The van der Waals surface area contributed by atoms with Crippen LogP contribution >= 0.6 is 35.3 Å². The van der Waals surface area contributed by atoms with Crippen molar-refractivity contribution in [2.45, 2.75) is 32.1 Å². The molecule has 28 heavy (non-hydrogen) atoms. The highest BCUT2D eigenvalue weighted by Crippen LogP contribution is 2.30. The van der Waals surface area contributed by atoms with E-state index in [9.17, 15) is 13.2 Å². The summed E-state index contributed by atoms with van der Waals surface area (Å²) in [6.07, 6.45) is -3.44. The molecule has 1 saturated heterocycles. The van der Waals surface area contributed by atoms with E-state index < -0.39 is 11.9 Å². The Hall–Kier alpha value is -1.56. The van der Waals surface area contributed by atoms with Crippen LogP contribution in [0.3, 0.4) is 0 Å². The highest BCUT2D eigenvalue weighted by Gasteiger charge is 2.33. The second-order valence-corrected chi connectivity index (χ2v) is 7.17. The number of nitrogens with zero attached hydrogens (tertiary/aromatic N) is 3. The largest absolute Gasteiger partial charge is 0.434 e. The molecule has 0 bridgehead atoms. The van der Waals surface area contributed by atoms with Gasteiger partial charge in [-0.3, -0.25) is 0 Å². The van der Waals surface area contributed by atoms with Gasteiger partial charge in [-0.15, -0.1) is 35.3 Å². The predicted molar refractivity (Wildman–Crippen MR) is 118 cm³/mol. The minimum absolute atomic E-state index is 0. The van der Waals surface area contributed by atoms with Gasteiger partial charge in [0.15, 0.2) is 11.7 Å². The summed E-state index contributed by atoms with van der Waals surface area (Å²) in [7, 11) is 0. The standard InChI is InChI=1S/C18H22F3N5S.HI/c1-2-22-17(23-10-16-25-15(12-27-16)18(19,20)21)24-13-8-9-26(11-13)14-6-4-3-5-7-14;/h3-7,12-13H,2,8-11H2,1H3,(H2,22,23,24);1H. The number of hydrogen-bond acceptors (Lipinski definition) is 4. The number of thiazole rings is 1. The van der Waals surface area contributed by atoms with E-state index in [0.717, 1.165) is 36.2 Å². The van der Waals surface area contributed by atoms with Crippen LogP contribution in [0, 0.1) is 0 Å². The maximum absolute atomic E-state index is 12.6. The van der Waals surface area contributed by atoms with Crippen LogP contribution in [0.25, 0.3) is 0 Å². The summed E-state index contributed by atoms with van der Waals surface area (Å²) in [5.74, 6) is 0.598. The summed E-state index contributed by atoms with van der Waals surface area (Å²) in [5, 5.41) is 7.89. The van der Waals surface area contributed by atoms with Gasteiger partial charge in [0.1, 0.15) is 5.01 Å². The second kappa shape index (κ2) is 10.3. The fraction of sp³-hybridized carbons (Fsp3) is 0.444. The molecule has 1 unspecified atom stereocenters. The first kappa shape index (κ1) is 22.7. The minimum Gasteiger partial charge on any atom is -0.369 e. The van der Waals surface area contributed by atoms with Gasteiger partial charge in [0.2, 0.25) is 0 Å². The molecular weight excluding hydrogens is 502 g/mol. The normalized spacial score (nSPS) is 17.4. The van der Waals surface area contributed by atoms with E-state index in [4.69, 9.17) is 0 Å². The van der Waals surface area contributed by atoms with Crippen molar-refractivity contribution < 1.29 is 13.2 Å². The van der Waals surface area contributed by atoms with Crippen molar-refractivity contribution in [3.8, 4) is 0 Å². The number of rotatable bonds is 5. The van der Waals surface area contributed by atoms with Crippen molar-refractivity contribution in [2.75, 3.05) is 24.5 Å². The van der Waals surface area contributed by atoms with E-state index in [1.165, 1.54) is 5.69 Å². The molecule has 0 aliphatic carbocycles. The first-order valence-corrected chi connectivity index (χ1v) is 9.70. The Morgan fingerprint density at radius 3 is 2.71 bits per heavy atom. The lowest BCUT2D eigenvalue weighted by atomic mass is 10.3. The Morgan fingerprint density at radius 2 is 2.07 bits per heavy atom. The van der Waals surface area contributed by atoms with E-state index >= 15 is 0 Å². The number of anilines is 1. The third-order valence-corrected chi connectivity index (χ3v) is 5.04. The number of benzene rings is 1. The fourth-order valence-corrected chi connectivity index (χ4v) is 3.65. The second-order valence-electron chi connectivity index (χ2n) is 6.23. The zero-order valence-electron chi connectivity index (χ0n) is 15.4. The maximum atomic E-state index is 12.6. The van der Waals surface area contributed by atoms with E-state index in [2.05, 4.69) is 37.6 Å². The number of guanidine groups is 1. The zero-order chi connectivity index (χ0) is 19.3. The van der Waals surface area contributed by atoms with Gasteiger partial charge in [-0.2, -0.15) is 13.2 Å². The summed E-state index contributed by atoms with van der Waals surface area (Å²) >= 11 is 0.975. The molecule has 3 rings (SSSR count). The van der Waals surface area contributed by atoms with Crippen LogP contribution < -0.4 is 15.5 Å².